The summed E-state index contributed by atoms with van der Waals surface area (Å²) in [5, 5.41) is 0.397. The summed E-state index contributed by atoms with van der Waals surface area (Å²) < 4.78 is 14.1. The molecular formula is C17H23ClFNO. The molecule has 4 heteroatoms. The number of hydrogen-bond donors (Lipinski definition) is 0. The van der Waals surface area contributed by atoms with Gasteiger partial charge in [-0.25, -0.2) is 4.39 Å². The minimum absolute atomic E-state index is 0.0635. The molecule has 0 saturated carbocycles. The van der Waals surface area contributed by atoms with E-state index in [-0.39, 0.29) is 17.5 Å². The maximum absolute atomic E-state index is 14.1. The molecule has 1 aromatic rings. The summed E-state index contributed by atoms with van der Waals surface area (Å²) in [5.74, 6) is -0.0551. The lowest BCUT2D eigenvalue weighted by atomic mass is 9.76. The summed E-state index contributed by atoms with van der Waals surface area (Å²) in [6.07, 6.45) is 2.31. The molecule has 0 radical (unpaired) electrons. The zero-order valence-electron chi connectivity index (χ0n) is 13.0. The summed E-state index contributed by atoms with van der Waals surface area (Å²) in [4.78, 5) is 14.8. The van der Waals surface area contributed by atoms with Crippen molar-refractivity contribution in [3.05, 3.63) is 34.6 Å². The van der Waals surface area contributed by atoms with Crippen molar-refractivity contribution >= 4 is 17.4 Å². The molecule has 0 aliphatic carbocycles. The predicted octanol–water partition coefficient (Wildman–Crippen LogP) is 4.06. The smallest absolute Gasteiger partial charge is 0.138 e. The fourth-order valence-corrected chi connectivity index (χ4v) is 3.66. The van der Waals surface area contributed by atoms with Crippen molar-refractivity contribution in [1.29, 1.82) is 0 Å². The van der Waals surface area contributed by atoms with Crippen molar-refractivity contribution in [2.75, 3.05) is 20.1 Å². The highest BCUT2D eigenvalue weighted by molar-refractivity contribution is 6.31. The second kappa shape index (κ2) is 6.45. The molecule has 1 aromatic carbocycles. The molecule has 1 heterocycles. The first-order valence-corrected chi connectivity index (χ1v) is 7.85. The monoisotopic (exact) mass is 311 g/mol. The fraction of sp³-hybridized carbons (Fsp3) is 0.588. The van der Waals surface area contributed by atoms with Crippen LogP contribution in [0.1, 0.15) is 38.7 Å². The molecule has 0 unspecified atom stereocenters. The van der Waals surface area contributed by atoms with Crippen molar-refractivity contribution in [3.63, 3.8) is 0 Å². The number of ketones is 1. The molecule has 0 amide bonds. The maximum Gasteiger partial charge on any atom is 0.138 e. The van der Waals surface area contributed by atoms with E-state index in [4.69, 9.17) is 11.6 Å². The fourth-order valence-electron chi connectivity index (χ4n) is 3.24. The van der Waals surface area contributed by atoms with Crippen LogP contribution >= 0.6 is 11.6 Å². The van der Waals surface area contributed by atoms with E-state index >= 15 is 0 Å². The Hall–Kier alpha value is -0.930. The average molecular weight is 312 g/mol. The second-order valence-corrected chi connectivity index (χ2v) is 7.13. The Balaban J connectivity index is 2.15. The first-order chi connectivity index (χ1) is 9.81. The van der Waals surface area contributed by atoms with Crippen LogP contribution in [0.5, 0.6) is 0 Å². The number of carbonyl (C=O) groups is 1. The first-order valence-electron chi connectivity index (χ1n) is 7.47. The van der Waals surface area contributed by atoms with Crippen LogP contribution in [0.15, 0.2) is 18.2 Å². The van der Waals surface area contributed by atoms with Crippen LogP contribution in [-0.2, 0) is 10.2 Å². The quantitative estimate of drug-likeness (QED) is 0.836. The van der Waals surface area contributed by atoms with Gasteiger partial charge >= 0.3 is 0 Å². The molecule has 116 valence electrons. The van der Waals surface area contributed by atoms with Gasteiger partial charge in [0.2, 0.25) is 0 Å². The third-order valence-corrected chi connectivity index (χ3v) is 4.65. The molecule has 1 aliphatic rings. The van der Waals surface area contributed by atoms with E-state index in [1.165, 1.54) is 6.07 Å². The van der Waals surface area contributed by atoms with Gasteiger partial charge in [-0.05, 0) is 38.6 Å². The molecule has 0 spiro atoms. The summed E-state index contributed by atoms with van der Waals surface area (Å²) in [7, 11) is 2.04. The number of benzene rings is 1. The topological polar surface area (TPSA) is 20.3 Å². The molecule has 1 aliphatic heterocycles. The zero-order valence-corrected chi connectivity index (χ0v) is 13.7. The van der Waals surface area contributed by atoms with Gasteiger partial charge in [-0.3, -0.25) is 4.79 Å². The van der Waals surface area contributed by atoms with Gasteiger partial charge < -0.3 is 4.90 Å². The zero-order chi connectivity index (χ0) is 15.6. The Kier molecular flexibility index (Phi) is 5.05. The summed E-state index contributed by atoms with van der Waals surface area (Å²) in [6, 6.07) is 4.68. The Morgan fingerprint density at radius 3 is 2.81 bits per heavy atom. The minimum Gasteiger partial charge on any atom is -0.306 e. The Morgan fingerprint density at radius 1 is 1.48 bits per heavy atom. The number of piperidine rings is 1. The molecule has 1 atom stereocenters. The van der Waals surface area contributed by atoms with E-state index in [2.05, 4.69) is 4.90 Å². The normalized spacial score (nSPS) is 20.5. The van der Waals surface area contributed by atoms with Gasteiger partial charge in [0.1, 0.15) is 11.6 Å². The van der Waals surface area contributed by atoms with Crippen molar-refractivity contribution in [2.45, 2.75) is 38.5 Å². The summed E-state index contributed by atoms with van der Waals surface area (Å²) in [5.41, 5.74) is -0.139. The standard InChI is InChI=1S/C17H23ClFNO/c1-17(2,16-13(18)7-4-8-14(16)19)10-15(21)12-6-5-9-20(3)11-12/h4,7-8,12H,5-6,9-11H2,1-3H3/t12-/m0/s1. The number of nitrogens with zero attached hydrogens (tertiary/aromatic N) is 1. The minimum atomic E-state index is -0.588. The van der Waals surface area contributed by atoms with E-state index in [1.54, 1.807) is 12.1 Å². The largest absolute Gasteiger partial charge is 0.306 e. The van der Waals surface area contributed by atoms with Crippen LogP contribution in [-0.4, -0.2) is 30.8 Å². The van der Waals surface area contributed by atoms with E-state index in [1.807, 2.05) is 20.9 Å². The van der Waals surface area contributed by atoms with E-state index in [0.717, 1.165) is 25.9 Å². The Labute approximate surface area is 131 Å². The SMILES string of the molecule is CN1CCC[C@H](C(=O)CC(C)(C)c2c(F)cccc2Cl)C1. The number of likely N-dealkylation sites (tertiary alicyclic amines) is 1. The van der Waals surface area contributed by atoms with Crippen molar-refractivity contribution < 1.29 is 9.18 Å². The molecule has 2 rings (SSSR count). The molecule has 0 bridgehead atoms. The van der Waals surface area contributed by atoms with Crippen molar-refractivity contribution in [2.24, 2.45) is 5.92 Å². The van der Waals surface area contributed by atoms with E-state index in [9.17, 15) is 9.18 Å². The highest BCUT2D eigenvalue weighted by Gasteiger charge is 2.33. The highest BCUT2D eigenvalue weighted by Crippen LogP contribution is 2.36. The Morgan fingerprint density at radius 2 is 2.19 bits per heavy atom. The molecule has 0 N–H and O–H groups in total. The third-order valence-electron chi connectivity index (χ3n) is 4.34. The number of rotatable bonds is 4. The molecule has 2 nitrogen and oxygen atoms in total. The van der Waals surface area contributed by atoms with Gasteiger partial charge in [-0.2, -0.15) is 0 Å². The summed E-state index contributed by atoms with van der Waals surface area (Å²) >= 11 is 6.15. The highest BCUT2D eigenvalue weighted by atomic mass is 35.5. The van der Waals surface area contributed by atoms with Crippen LogP contribution < -0.4 is 0 Å². The van der Waals surface area contributed by atoms with Gasteiger partial charge in [0.05, 0.1) is 0 Å². The first kappa shape index (κ1) is 16.4. The molecule has 1 fully saturated rings. The molecule has 0 aromatic heterocycles. The van der Waals surface area contributed by atoms with Crippen LogP contribution in [0.25, 0.3) is 0 Å². The van der Waals surface area contributed by atoms with Crippen LogP contribution in [0, 0.1) is 11.7 Å². The maximum atomic E-state index is 14.1. The second-order valence-electron chi connectivity index (χ2n) is 6.73. The van der Waals surface area contributed by atoms with Crippen molar-refractivity contribution in [1.82, 2.24) is 4.90 Å². The summed E-state index contributed by atoms with van der Waals surface area (Å²) in [6.45, 7) is 5.63. The van der Waals surface area contributed by atoms with Gasteiger partial charge in [-0.15, -0.1) is 0 Å². The number of hydrogen-bond acceptors (Lipinski definition) is 2. The number of carbonyl (C=O) groups excluding carboxylic acids is 1. The third kappa shape index (κ3) is 3.83. The molecule has 1 saturated heterocycles. The van der Waals surface area contributed by atoms with Crippen LogP contribution in [0.2, 0.25) is 5.02 Å². The van der Waals surface area contributed by atoms with Crippen molar-refractivity contribution in [3.8, 4) is 0 Å². The van der Waals surface area contributed by atoms with Gasteiger partial charge in [0.15, 0.2) is 0 Å². The average Bonchev–Trinajstić information content (AvgIpc) is 2.37. The van der Waals surface area contributed by atoms with Crippen LogP contribution in [0.4, 0.5) is 4.39 Å². The molecular weight excluding hydrogens is 289 g/mol. The van der Waals surface area contributed by atoms with Crippen LogP contribution in [0.3, 0.4) is 0 Å². The van der Waals surface area contributed by atoms with Gasteiger partial charge in [0, 0.05) is 34.9 Å². The molecule has 21 heavy (non-hydrogen) atoms. The van der Waals surface area contributed by atoms with Gasteiger partial charge in [-0.1, -0.05) is 31.5 Å². The Bertz CT molecular complexity index is 509. The number of Topliss-reactive ketones (excluding diaryl/α,β-unsaturated/α-hetero) is 1. The van der Waals surface area contributed by atoms with E-state index < -0.39 is 5.41 Å². The lowest BCUT2D eigenvalue weighted by molar-refractivity contribution is -0.125. The number of halogens is 2. The van der Waals surface area contributed by atoms with Gasteiger partial charge in [0.25, 0.3) is 0 Å². The van der Waals surface area contributed by atoms with E-state index in [0.29, 0.717) is 17.0 Å². The lowest BCUT2D eigenvalue weighted by Crippen LogP contribution is -2.38. The lowest BCUT2D eigenvalue weighted by Gasteiger charge is -2.32. The predicted molar refractivity (Wildman–Crippen MR) is 84.3 cm³/mol.